The van der Waals surface area contributed by atoms with E-state index in [1.54, 1.807) is 0 Å². The number of hydrogen-bond donors (Lipinski definition) is 3. The van der Waals surface area contributed by atoms with Crippen molar-refractivity contribution >= 4 is 22.6 Å². The summed E-state index contributed by atoms with van der Waals surface area (Å²) in [6, 6.07) is 25.8. The van der Waals surface area contributed by atoms with Gasteiger partial charge < -0.3 is 10.6 Å². The zero-order chi connectivity index (χ0) is 19.2. The molecule has 1 heterocycles. The first-order valence-electron chi connectivity index (χ1n) is 9.37. The van der Waals surface area contributed by atoms with Crippen LogP contribution in [0.3, 0.4) is 0 Å². The number of hydrogen-bond acceptors (Lipinski definition) is 3. The van der Waals surface area contributed by atoms with Gasteiger partial charge in [-0.25, -0.2) is 0 Å². The number of aromatic nitrogens is 2. The molecule has 0 aliphatic heterocycles. The molecule has 3 aromatic carbocycles. The van der Waals surface area contributed by atoms with E-state index in [9.17, 15) is 4.79 Å². The molecule has 0 unspecified atom stereocenters. The van der Waals surface area contributed by atoms with Crippen LogP contribution in [0.15, 0.2) is 78.9 Å². The summed E-state index contributed by atoms with van der Waals surface area (Å²) >= 11 is 0. The van der Waals surface area contributed by atoms with Gasteiger partial charge in [0.05, 0.1) is 5.52 Å². The first kappa shape index (κ1) is 17.8. The Balaban J connectivity index is 1.30. The summed E-state index contributed by atoms with van der Waals surface area (Å²) in [5.74, 6) is 0.784. The van der Waals surface area contributed by atoms with Crippen LogP contribution < -0.4 is 10.6 Å². The Kier molecular flexibility index (Phi) is 5.33. The highest BCUT2D eigenvalue weighted by Crippen LogP contribution is 2.20. The molecule has 4 rings (SSSR count). The topological polar surface area (TPSA) is 69.8 Å². The largest absolute Gasteiger partial charge is 0.364 e. The lowest BCUT2D eigenvalue weighted by molar-refractivity contribution is 0.0954. The lowest BCUT2D eigenvalue weighted by atomic mass is 10.1. The highest BCUT2D eigenvalue weighted by atomic mass is 16.1. The normalized spacial score (nSPS) is 10.7. The van der Waals surface area contributed by atoms with Crippen LogP contribution in [0.25, 0.3) is 10.9 Å². The van der Waals surface area contributed by atoms with Crippen LogP contribution >= 0.6 is 0 Å². The Hall–Kier alpha value is -3.60. The molecule has 1 aromatic heterocycles. The second-order valence-electron chi connectivity index (χ2n) is 6.66. The number of rotatable bonds is 7. The van der Waals surface area contributed by atoms with E-state index in [-0.39, 0.29) is 5.91 Å². The summed E-state index contributed by atoms with van der Waals surface area (Å²) in [6.45, 7) is 1.27. The number of anilines is 1. The number of amides is 1. The number of H-pyrrole nitrogens is 1. The standard InChI is InChI=1S/C23H22N4O/c28-23(24-15-14-17-6-2-1-3-7-17)19-12-10-18(11-13-19)16-25-22-20-8-4-5-9-21(20)26-27-22/h1-13H,14-16H2,(H,24,28)(H2,25,26,27). The van der Waals surface area contributed by atoms with Crippen LogP contribution in [0.1, 0.15) is 21.5 Å². The fourth-order valence-electron chi connectivity index (χ4n) is 3.13. The third-order valence-corrected chi connectivity index (χ3v) is 4.69. The molecule has 0 saturated heterocycles. The van der Waals surface area contributed by atoms with E-state index in [2.05, 4.69) is 33.0 Å². The van der Waals surface area contributed by atoms with Crippen LogP contribution in [0.2, 0.25) is 0 Å². The predicted octanol–water partition coefficient (Wildman–Crippen LogP) is 4.15. The predicted molar refractivity (Wildman–Crippen MR) is 112 cm³/mol. The monoisotopic (exact) mass is 370 g/mol. The van der Waals surface area contributed by atoms with Crippen molar-refractivity contribution in [3.63, 3.8) is 0 Å². The average molecular weight is 370 g/mol. The summed E-state index contributed by atoms with van der Waals surface area (Å²) in [4.78, 5) is 12.3. The van der Waals surface area contributed by atoms with Crippen molar-refractivity contribution in [1.82, 2.24) is 15.5 Å². The van der Waals surface area contributed by atoms with Gasteiger partial charge in [-0.05, 0) is 41.8 Å². The molecule has 0 atom stereocenters. The molecule has 1 amide bonds. The molecular weight excluding hydrogens is 348 g/mol. The molecule has 28 heavy (non-hydrogen) atoms. The Bertz CT molecular complexity index is 1050. The first-order valence-corrected chi connectivity index (χ1v) is 9.37. The van der Waals surface area contributed by atoms with Gasteiger partial charge in [0.15, 0.2) is 5.82 Å². The second-order valence-corrected chi connectivity index (χ2v) is 6.66. The number of benzene rings is 3. The lowest BCUT2D eigenvalue weighted by Crippen LogP contribution is -2.25. The number of carbonyl (C=O) groups excluding carboxylic acids is 1. The number of para-hydroxylation sites is 1. The smallest absolute Gasteiger partial charge is 0.251 e. The van der Waals surface area contributed by atoms with Crippen molar-refractivity contribution < 1.29 is 4.79 Å². The molecule has 3 N–H and O–H groups in total. The molecule has 5 heteroatoms. The quantitative estimate of drug-likeness (QED) is 0.458. The van der Waals surface area contributed by atoms with E-state index in [4.69, 9.17) is 0 Å². The van der Waals surface area contributed by atoms with Gasteiger partial charge in [0.25, 0.3) is 5.91 Å². The molecule has 5 nitrogen and oxygen atoms in total. The van der Waals surface area contributed by atoms with Gasteiger partial charge >= 0.3 is 0 Å². The Morgan fingerprint density at radius 1 is 0.857 bits per heavy atom. The summed E-state index contributed by atoms with van der Waals surface area (Å²) in [6.07, 6.45) is 0.826. The third-order valence-electron chi connectivity index (χ3n) is 4.69. The van der Waals surface area contributed by atoms with Gasteiger partial charge in [0.2, 0.25) is 0 Å². The van der Waals surface area contributed by atoms with Crippen LogP contribution in [-0.2, 0) is 13.0 Å². The summed E-state index contributed by atoms with van der Waals surface area (Å²) in [5, 5.41) is 14.7. The molecule has 0 aliphatic carbocycles. The Morgan fingerprint density at radius 3 is 2.43 bits per heavy atom. The second kappa shape index (κ2) is 8.39. The highest BCUT2D eigenvalue weighted by Gasteiger charge is 2.07. The van der Waals surface area contributed by atoms with Gasteiger partial charge in [-0.3, -0.25) is 9.89 Å². The molecule has 0 bridgehead atoms. The van der Waals surface area contributed by atoms with E-state index in [1.165, 1.54) is 5.56 Å². The third kappa shape index (κ3) is 4.20. The van der Waals surface area contributed by atoms with Crippen molar-refractivity contribution in [2.24, 2.45) is 0 Å². The lowest BCUT2D eigenvalue weighted by Gasteiger charge is -2.07. The minimum atomic E-state index is -0.0475. The molecule has 0 fully saturated rings. The van der Waals surface area contributed by atoms with Crippen LogP contribution in [0.5, 0.6) is 0 Å². The molecule has 0 saturated carbocycles. The number of aromatic amines is 1. The molecule has 0 spiro atoms. The molecule has 0 aliphatic rings. The van der Waals surface area contributed by atoms with Gasteiger partial charge in [-0.1, -0.05) is 54.6 Å². The SMILES string of the molecule is O=C(NCCc1ccccc1)c1ccc(CNc2n[nH]c3ccccc23)cc1. The van der Waals surface area contributed by atoms with Crippen molar-refractivity contribution in [2.75, 3.05) is 11.9 Å². The highest BCUT2D eigenvalue weighted by molar-refractivity contribution is 5.94. The summed E-state index contributed by atoms with van der Waals surface area (Å²) < 4.78 is 0. The van der Waals surface area contributed by atoms with E-state index in [0.29, 0.717) is 18.7 Å². The average Bonchev–Trinajstić information content (AvgIpc) is 3.16. The maximum Gasteiger partial charge on any atom is 0.251 e. The summed E-state index contributed by atoms with van der Waals surface area (Å²) in [5.41, 5.74) is 3.98. The van der Waals surface area contributed by atoms with E-state index < -0.39 is 0 Å². The maximum absolute atomic E-state index is 12.3. The number of nitrogens with one attached hydrogen (secondary N) is 3. The fourth-order valence-corrected chi connectivity index (χ4v) is 3.13. The fraction of sp³-hybridized carbons (Fsp3) is 0.130. The van der Waals surface area contributed by atoms with Gasteiger partial charge in [-0.15, -0.1) is 0 Å². The van der Waals surface area contributed by atoms with Crippen LogP contribution in [0, 0.1) is 0 Å². The number of nitrogens with zero attached hydrogens (tertiary/aromatic N) is 1. The molecular formula is C23H22N4O. The zero-order valence-electron chi connectivity index (χ0n) is 15.5. The Labute approximate surface area is 163 Å². The minimum absolute atomic E-state index is 0.0475. The van der Waals surface area contributed by atoms with Crippen LogP contribution in [-0.4, -0.2) is 22.6 Å². The maximum atomic E-state index is 12.3. The van der Waals surface area contributed by atoms with E-state index >= 15 is 0 Å². The minimum Gasteiger partial charge on any atom is -0.364 e. The van der Waals surface area contributed by atoms with Crippen molar-refractivity contribution in [3.05, 3.63) is 95.6 Å². The van der Waals surface area contributed by atoms with Crippen LogP contribution in [0.4, 0.5) is 5.82 Å². The van der Waals surface area contributed by atoms with Gasteiger partial charge in [-0.2, -0.15) is 5.10 Å². The first-order chi connectivity index (χ1) is 13.8. The molecule has 0 radical (unpaired) electrons. The van der Waals surface area contributed by atoms with Crippen molar-refractivity contribution in [3.8, 4) is 0 Å². The van der Waals surface area contributed by atoms with E-state index in [0.717, 1.165) is 28.7 Å². The van der Waals surface area contributed by atoms with Gasteiger partial charge in [0.1, 0.15) is 0 Å². The molecule has 4 aromatic rings. The summed E-state index contributed by atoms with van der Waals surface area (Å²) in [7, 11) is 0. The van der Waals surface area contributed by atoms with E-state index in [1.807, 2.05) is 66.7 Å². The van der Waals surface area contributed by atoms with Crippen molar-refractivity contribution in [2.45, 2.75) is 13.0 Å². The zero-order valence-corrected chi connectivity index (χ0v) is 15.5. The number of carbonyl (C=O) groups is 1. The number of fused-ring (bicyclic) bond motifs is 1. The van der Waals surface area contributed by atoms with Gasteiger partial charge in [0, 0.05) is 24.0 Å². The Morgan fingerprint density at radius 2 is 1.61 bits per heavy atom. The van der Waals surface area contributed by atoms with Crippen molar-refractivity contribution in [1.29, 1.82) is 0 Å². The molecule has 140 valence electrons.